The van der Waals surface area contributed by atoms with E-state index in [-0.39, 0.29) is 30.0 Å². The minimum absolute atomic E-state index is 0.0165. The van der Waals surface area contributed by atoms with Crippen molar-refractivity contribution in [2.45, 2.75) is 18.9 Å². The highest BCUT2D eigenvalue weighted by Crippen LogP contribution is 2.19. The average Bonchev–Trinajstić information content (AvgIpc) is 2.41. The van der Waals surface area contributed by atoms with Gasteiger partial charge in [0.15, 0.2) is 0 Å². The van der Waals surface area contributed by atoms with Gasteiger partial charge in [0.2, 0.25) is 11.8 Å². The van der Waals surface area contributed by atoms with Gasteiger partial charge in [0.05, 0.1) is 11.3 Å². The Morgan fingerprint density at radius 2 is 2.15 bits per heavy atom. The Hall–Kier alpha value is -2.48. The zero-order valence-corrected chi connectivity index (χ0v) is 10.4. The van der Waals surface area contributed by atoms with Gasteiger partial charge in [0, 0.05) is 6.42 Å². The zero-order chi connectivity index (χ0) is 14.7. The van der Waals surface area contributed by atoms with E-state index in [1.54, 1.807) is 0 Å². The highest BCUT2D eigenvalue weighted by Gasteiger charge is 2.28. The fourth-order valence-corrected chi connectivity index (χ4v) is 1.93. The molecular formula is C12H13FN4O3. The van der Waals surface area contributed by atoms with E-state index in [1.807, 2.05) is 0 Å². The fourth-order valence-electron chi connectivity index (χ4n) is 1.93. The number of hydrazine groups is 1. The second-order valence-corrected chi connectivity index (χ2v) is 4.28. The maximum Gasteiger partial charge on any atom is 0.254 e. The van der Waals surface area contributed by atoms with Crippen LogP contribution in [0.5, 0.6) is 0 Å². The molecule has 7 nitrogen and oxygen atoms in total. The molecule has 1 fully saturated rings. The Kier molecular flexibility index (Phi) is 3.94. The number of amides is 3. The lowest BCUT2D eigenvalue weighted by Crippen LogP contribution is -2.52. The van der Waals surface area contributed by atoms with Gasteiger partial charge in [-0.15, -0.1) is 0 Å². The number of carbonyl (C=O) groups excluding carboxylic acids is 3. The SMILES string of the molecule is NNc1c(F)cccc1C(=O)NC1CCC(=O)NC1=O. The summed E-state index contributed by atoms with van der Waals surface area (Å²) in [5.41, 5.74) is 1.94. The van der Waals surface area contributed by atoms with Crippen molar-refractivity contribution < 1.29 is 18.8 Å². The molecular weight excluding hydrogens is 267 g/mol. The van der Waals surface area contributed by atoms with E-state index in [0.717, 1.165) is 6.07 Å². The molecule has 8 heteroatoms. The molecule has 20 heavy (non-hydrogen) atoms. The Labute approximate surface area is 113 Å². The number of piperidine rings is 1. The summed E-state index contributed by atoms with van der Waals surface area (Å²) in [4.78, 5) is 34.6. The Bertz CT molecular complexity index is 576. The van der Waals surface area contributed by atoms with Crippen LogP contribution in [0.25, 0.3) is 0 Å². The number of benzene rings is 1. The molecule has 2 rings (SSSR count). The van der Waals surface area contributed by atoms with E-state index >= 15 is 0 Å². The standard InChI is InChI=1S/C12H13FN4O3/c13-7-3-1-2-6(10(7)17-14)11(19)15-8-4-5-9(18)16-12(8)20/h1-3,8,17H,4-5,14H2,(H,15,19)(H,16,18,20). The summed E-state index contributed by atoms with van der Waals surface area (Å²) in [6.45, 7) is 0. The summed E-state index contributed by atoms with van der Waals surface area (Å²) in [7, 11) is 0. The van der Waals surface area contributed by atoms with Crippen LogP contribution < -0.4 is 21.9 Å². The maximum atomic E-state index is 13.5. The van der Waals surface area contributed by atoms with Crippen LogP contribution >= 0.6 is 0 Å². The molecule has 0 radical (unpaired) electrons. The predicted octanol–water partition coefficient (Wildman–Crippen LogP) is -0.354. The number of nitrogens with two attached hydrogens (primary N) is 1. The molecule has 0 aromatic heterocycles. The highest BCUT2D eigenvalue weighted by atomic mass is 19.1. The molecule has 1 heterocycles. The number of nitrogen functional groups attached to an aromatic ring is 1. The third-order valence-corrected chi connectivity index (χ3v) is 2.95. The third kappa shape index (κ3) is 2.75. The minimum atomic E-state index is -0.825. The second kappa shape index (κ2) is 5.66. The third-order valence-electron chi connectivity index (χ3n) is 2.95. The molecule has 106 valence electrons. The molecule has 1 atom stereocenters. The van der Waals surface area contributed by atoms with Gasteiger partial charge in [-0.05, 0) is 18.6 Å². The lowest BCUT2D eigenvalue weighted by Gasteiger charge is -2.22. The summed E-state index contributed by atoms with van der Waals surface area (Å²) in [6, 6.07) is 3.06. The van der Waals surface area contributed by atoms with Gasteiger partial charge in [-0.2, -0.15) is 0 Å². The summed E-state index contributed by atoms with van der Waals surface area (Å²) in [6.07, 6.45) is 0.346. The summed E-state index contributed by atoms with van der Waals surface area (Å²) >= 11 is 0. The van der Waals surface area contributed by atoms with Crippen molar-refractivity contribution in [3.63, 3.8) is 0 Å². The summed E-state index contributed by atoms with van der Waals surface area (Å²) in [5, 5.41) is 4.56. The molecule has 1 aromatic carbocycles. The van der Waals surface area contributed by atoms with E-state index in [9.17, 15) is 18.8 Å². The summed E-state index contributed by atoms with van der Waals surface area (Å²) < 4.78 is 13.5. The Balaban J connectivity index is 2.15. The molecule has 0 aliphatic carbocycles. The van der Waals surface area contributed by atoms with Gasteiger partial charge in [-0.1, -0.05) is 6.07 Å². The van der Waals surface area contributed by atoms with Crippen LogP contribution in [0.3, 0.4) is 0 Å². The molecule has 3 amide bonds. The first-order valence-corrected chi connectivity index (χ1v) is 5.92. The molecule has 0 bridgehead atoms. The molecule has 0 saturated carbocycles. The Morgan fingerprint density at radius 3 is 2.80 bits per heavy atom. The number of imide groups is 1. The average molecular weight is 280 g/mol. The second-order valence-electron chi connectivity index (χ2n) is 4.28. The smallest absolute Gasteiger partial charge is 0.254 e. The molecule has 0 spiro atoms. The van der Waals surface area contributed by atoms with E-state index in [4.69, 9.17) is 5.84 Å². The van der Waals surface area contributed by atoms with Crippen LogP contribution in [0.15, 0.2) is 18.2 Å². The Morgan fingerprint density at radius 1 is 1.40 bits per heavy atom. The number of hydrogen-bond acceptors (Lipinski definition) is 5. The lowest BCUT2D eigenvalue weighted by molar-refractivity contribution is -0.134. The van der Waals surface area contributed by atoms with Crippen molar-refractivity contribution in [3.8, 4) is 0 Å². The number of halogens is 1. The van der Waals surface area contributed by atoms with E-state index in [0.29, 0.717) is 0 Å². The van der Waals surface area contributed by atoms with Crippen LogP contribution in [0.4, 0.5) is 10.1 Å². The monoisotopic (exact) mass is 280 g/mol. The quantitative estimate of drug-likeness (QED) is 0.343. The van der Waals surface area contributed by atoms with Gasteiger partial charge in [-0.25, -0.2) is 4.39 Å². The van der Waals surface area contributed by atoms with Crippen molar-refractivity contribution in [1.29, 1.82) is 0 Å². The maximum absolute atomic E-state index is 13.5. The number of hydrogen-bond donors (Lipinski definition) is 4. The topological polar surface area (TPSA) is 113 Å². The summed E-state index contributed by atoms with van der Waals surface area (Å²) in [5.74, 6) is 2.90. The van der Waals surface area contributed by atoms with E-state index in [1.165, 1.54) is 12.1 Å². The van der Waals surface area contributed by atoms with Crippen LogP contribution in [-0.4, -0.2) is 23.8 Å². The molecule has 1 aliphatic heterocycles. The lowest BCUT2D eigenvalue weighted by atomic mass is 10.0. The fraction of sp³-hybridized carbons (Fsp3) is 0.250. The van der Waals surface area contributed by atoms with Gasteiger partial charge < -0.3 is 10.7 Å². The first kappa shape index (κ1) is 13.9. The number of para-hydroxylation sites is 1. The minimum Gasteiger partial charge on any atom is -0.340 e. The van der Waals surface area contributed by atoms with Crippen molar-refractivity contribution >= 4 is 23.4 Å². The van der Waals surface area contributed by atoms with E-state index in [2.05, 4.69) is 16.1 Å². The van der Waals surface area contributed by atoms with Gasteiger partial charge in [0.25, 0.3) is 5.91 Å². The molecule has 1 unspecified atom stereocenters. The number of anilines is 1. The molecule has 5 N–H and O–H groups in total. The normalized spacial score (nSPS) is 18.4. The van der Waals surface area contributed by atoms with Crippen molar-refractivity contribution in [2.24, 2.45) is 5.84 Å². The van der Waals surface area contributed by atoms with Gasteiger partial charge in [0.1, 0.15) is 11.9 Å². The molecule has 1 saturated heterocycles. The number of nitrogens with one attached hydrogen (secondary N) is 3. The molecule has 1 aromatic rings. The predicted molar refractivity (Wildman–Crippen MR) is 67.8 cm³/mol. The highest BCUT2D eigenvalue weighted by molar-refractivity contribution is 6.05. The van der Waals surface area contributed by atoms with Crippen LogP contribution in [0.1, 0.15) is 23.2 Å². The van der Waals surface area contributed by atoms with Crippen LogP contribution in [0, 0.1) is 5.82 Å². The molecule has 1 aliphatic rings. The van der Waals surface area contributed by atoms with Crippen molar-refractivity contribution in [2.75, 3.05) is 5.43 Å². The van der Waals surface area contributed by atoms with E-state index < -0.39 is 23.7 Å². The van der Waals surface area contributed by atoms with Gasteiger partial charge in [-0.3, -0.25) is 25.5 Å². The first-order chi connectivity index (χ1) is 9.52. The number of rotatable bonds is 3. The zero-order valence-electron chi connectivity index (χ0n) is 10.4. The van der Waals surface area contributed by atoms with Gasteiger partial charge >= 0.3 is 0 Å². The van der Waals surface area contributed by atoms with Crippen molar-refractivity contribution in [1.82, 2.24) is 10.6 Å². The van der Waals surface area contributed by atoms with Crippen LogP contribution in [0.2, 0.25) is 0 Å². The number of carbonyl (C=O) groups is 3. The largest absolute Gasteiger partial charge is 0.340 e. The van der Waals surface area contributed by atoms with Crippen LogP contribution in [-0.2, 0) is 9.59 Å². The first-order valence-electron chi connectivity index (χ1n) is 5.92. The van der Waals surface area contributed by atoms with Crippen molar-refractivity contribution in [3.05, 3.63) is 29.6 Å².